The molecule has 0 atom stereocenters. The molecule has 1 N–H and O–H groups in total. The molecule has 0 saturated heterocycles. The van der Waals surface area contributed by atoms with Crippen molar-refractivity contribution in [1.82, 2.24) is 10.1 Å². The topological polar surface area (TPSA) is 78.6 Å². The molecule has 3 aromatic rings. The molecule has 2 aromatic carbocycles. The van der Waals surface area contributed by atoms with Crippen LogP contribution in [0.2, 0.25) is 0 Å². The molecule has 3 rings (SSSR count). The minimum absolute atomic E-state index is 0.0406. The molecule has 1 aromatic heterocycles. The summed E-state index contributed by atoms with van der Waals surface area (Å²) in [7, 11) is 1.32. The van der Waals surface area contributed by atoms with E-state index >= 15 is 0 Å². The maximum Gasteiger partial charge on any atom is 0.387 e. The van der Waals surface area contributed by atoms with Crippen molar-refractivity contribution >= 4 is 5.69 Å². The van der Waals surface area contributed by atoms with Gasteiger partial charge in [-0.15, -0.1) is 0 Å². The molecule has 0 fully saturated rings. The van der Waals surface area contributed by atoms with Crippen LogP contribution in [0.15, 0.2) is 47.0 Å². The van der Waals surface area contributed by atoms with Crippen LogP contribution in [-0.4, -0.2) is 30.5 Å². The number of nitrogens with one attached hydrogen (secondary N) is 1. The predicted octanol–water partition coefficient (Wildman–Crippen LogP) is 4.56. The number of rotatable bonds is 9. The third-order valence-corrected chi connectivity index (χ3v) is 3.63. The SMILES string of the molecule is COc1cc(-c2noc(CNc3ccc(OC(F)F)cc3)n2)ccc1OC(F)F. The molecule has 7 nitrogen and oxygen atoms in total. The van der Waals surface area contributed by atoms with Crippen molar-refractivity contribution in [3.05, 3.63) is 48.4 Å². The molecule has 29 heavy (non-hydrogen) atoms. The lowest BCUT2D eigenvalue weighted by molar-refractivity contribution is -0.0514. The van der Waals surface area contributed by atoms with Crippen molar-refractivity contribution in [2.75, 3.05) is 12.4 Å². The Bertz CT molecular complexity index is 935. The second kappa shape index (κ2) is 9.13. The van der Waals surface area contributed by atoms with Crippen molar-refractivity contribution in [2.45, 2.75) is 19.8 Å². The summed E-state index contributed by atoms with van der Waals surface area (Å²) in [6, 6.07) is 10.2. The number of methoxy groups -OCH3 is 1. The highest BCUT2D eigenvalue weighted by molar-refractivity contribution is 5.60. The zero-order valence-electron chi connectivity index (χ0n) is 14.9. The molecular formula is C18H15F4N3O4. The Morgan fingerprint density at radius 3 is 2.34 bits per heavy atom. The summed E-state index contributed by atoms with van der Waals surface area (Å²) in [6.07, 6.45) is 0. The van der Waals surface area contributed by atoms with Gasteiger partial charge >= 0.3 is 13.2 Å². The third-order valence-electron chi connectivity index (χ3n) is 3.63. The fourth-order valence-corrected chi connectivity index (χ4v) is 2.38. The van der Waals surface area contributed by atoms with Crippen LogP contribution in [0.4, 0.5) is 23.2 Å². The molecule has 1 heterocycles. The normalized spacial score (nSPS) is 11.0. The summed E-state index contributed by atoms with van der Waals surface area (Å²) >= 11 is 0. The number of hydrogen-bond acceptors (Lipinski definition) is 7. The largest absolute Gasteiger partial charge is 0.493 e. The fraction of sp³-hybridized carbons (Fsp3) is 0.222. The van der Waals surface area contributed by atoms with E-state index in [0.29, 0.717) is 11.3 Å². The third kappa shape index (κ3) is 5.50. The lowest BCUT2D eigenvalue weighted by Crippen LogP contribution is -2.03. The zero-order valence-corrected chi connectivity index (χ0v) is 14.9. The highest BCUT2D eigenvalue weighted by Crippen LogP contribution is 2.32. The van der Waals surface area contributed by atoms with Crippen LogP contribution < -0.4 is 19.5 Å². The van der Waals surface area contributed by atoms with E-state index in [1.807, 2.05) is 0 Å². The average molecular weight is 413 g/mol. The number of aromatic nitrogens is 2. The first-order valence-electron chi connectivity index (χ1n) is 8.19. The highest BCUT2D eigenvalue weighted by atomic mass is 19.3. The minimum Gasteiger partial charge on any atom is -0.493 e. The Morgan fingerprint density at radius 1 is 0.966 bits per heavy atom. The molecule has 0 saturated carbocycles. The Balaban J connectivity index is 1.64. The summed E-state index contributed by atoms with van der Waals surface area (Å²) in [5.41, 5.74) is 1.11. The smallest absolute Gasteiger partial charge is 0.387 e. The van der Waals surface area contributed by atoms with Gasteiger partial charge in [0.15, 0.2) is 11.5 Å². The maximum absolute atomic E-state index is 12.4. The standard InChI is InChI=1S/C18H15F4N3O4/c1-26-14-8-10(2-7-13(14)28-18(21)22)16-24-15(29-25-16)9-23-11-3-5-12(6-4-11)27-17(19)20/h2-8,17-18,23H,9H2,1H3. The van der Waals surface area contributed by atoms with Gasteiger partial charge in [-0.25, -0.2) is 0 Å². The number of anilines is 1. The van der Waals surface area contributed by atoms with E-state index in [0.717, 1.165) is 0 Å². The van der Waals surface area contributed by atoms with Crippen LogP contribution >= 0.6 is 0 Å². The molecule has 0 aliphatic carbocycles. The number of benzene rings is 2. The Labute approximate surface area is 162 Å². The van der Waals surface area contributed by atoms with Gasteiger partial charge in [0.05, 0.1) is 13.7 Å². The molecule has 0 aliphatic rings. The summed E-state index contributed by atoms with van der Waals surface area (Å²) < 4.78 is 67.9. The molecule has 0 radical (unpaired) electrons. The molecular weight excluding hydrogens is 398 g/mol. The van der Waals surface area contributed by atoms with Crippen molar-refractivity contribution < 1.29 is 36.3 Å². The first-order valence-corrected chi connectivity index (χ1v) is 8.19. The van der Waals surface area contributed by atoms with E-state index < -0.39 is 13.2 Å². The van der Waals surface area contributed by atoms with E-state index in [1.54, 1.807) is 12.1 Å². The number of alkyl halides is 4. The van der Waals surface area contributed by atoms with Crippen molar-refractivity contribution in [2.24, 2.45) is 0 Å². The van der Waals surface area contributed by atoms with Crippen LogP contribution in [0.3, 0.4) is 0 Å². The summed E-state index contributed by atoms with van der Waals surface area (Å²) in [5.74, 6) is 0.497. The van der Waals surface area contributed by atoms with Gasteiger partial charge in [-0.05, 0) is 42.5 Å². The first-order chi connectivity index (χ1) is 13.9. The Hall–Kier alpha value is -3.50. The van der Waals surface area contributed by atoms with E-state index in [9.17, 15) is 17.6 Å². The molecule has 0 amide bonds. The quantitative estimate of drug-likeness (QED) is 0.515. The van der Waals surface area contributed by atoms with Crippen LogP contribution in [0, 0.1) is 0 Å². The lowest BCUT2D eigenvalue weighted by Gasteiger charge is -2.10. The van der Waals surface area contributed by atoms with E-state index in [-0.39, 0.29) is 35.5 Å². The van der Waals surface area contributed by atoms with Gasteiger partial charge in [0.1, 0.15) is 5.75 Å². The van der Waals surface area contributed by atoms with Gasteiger partial charge < -0.3 is 24.1 Å². The van der Waals surface area contributed by atoms with Crippen molar-refractivity contribution in [1.29, 1.82) is 0 Å². The monoisotopic (exact) mass is 413 g/mol. The average Bonchev–Trinajstić information content (AvgIpc) is 3.16. The van der Waals surface area contributed by atoms with Crippen molar-refractivity contribution in [3.63, 3.8) is 0 Å². The predicted molar refractivity (Wildman–Crippen MR) is 93.3 cm³/mol. The molecule has 0 aliphatic heterocycles. The van der Waals surface area contributed by atoms with Crippen molar-refractivity contribution in [3.8, 4) is 28.6 Å². The first kappa shape index (κ1) is 20.2. The second-order valence-electron chi connectivity index (χ2n) is 5.51. The number of hydrogen-bond donors (Lipinski definition) is 1. The van der Waals surface area contributed by atoms with Gasteiger partial charge in [0.2, 0.25) is 11.7 Å². The highest BCUT2D eigenvalue weighted by Gasteiger charge is 2.15. The van der Waals surface area contributed by atoms with E-state index in [1.165, 1.54) is 37.4 Å². The van der Waals surface area contributed by atoms with Crippen LogP contribution in [-0.2, 0) is 6.54 Å². The lowest BCUT2D eigenvalue weighted by atomic mass is 10.2. The minimum atomic E-state index is -2.98. The number of ether oxygens (including phenoxy) is 3. The zero-order chi connectivity index (χ0) is 20.8. The molecule has 11 heteroatoms. The Morgan fingerprint density at radius 2 is 1.69 bits per heavy atom. The van der Waals surface area contributed by atoms with Gasteiger partial charge in [-0.1, -0.05) is 5.16 Å². The van der Waals surface area contributed by atoms with Gasteiger partial charge in [0, 0.05) is 11.3 Å². The molecule has 154 valence electrons. The number of halogens is 4. The fourth-order valence-electron chi connectivity index (χ4n) is 2.38. The van der Waals surface area contributed by atoms with Gasteiger partial charge in [-0.2, -0.15) is 22.5 Å². The molecule has 0 spiro atoms. The summed E-state index contributed by atoms with van der Waals surface area (Å²) in [4.78, 5) is 4.21. The van der Waals surface area contributed by atoms with Crippen LogP contribution in [0.5, 0.6) is 17.2 Å². The van der Waals surface area contributed by atoms with E-state index in [2.05, 4.69) is 24.9 Å². The van der Waals surface area contributed by atoms with E-state index in [4.69, 9.17) is 9.26 Å². The van der Waals surface area contributed by atoms with Gasteiger partial charge in [0.25, 0.3) is 0 Å². The second-order valence-corrected chi connectivity index (χ2v) is 5.51. The summed E-state index contributed by atoms with van der Waals surface area (Å²) in [5, 5.41) is 6.83. The van der Waals surface area contributed by atoms with Crippen LogP contribution in [0.25, 0.3) is 11.4 Å². The Kier molecular flexibility index (Phi) is 6.37. The summed E-state index contributed by atoms with van der Waals surface area (Å²) in [6.45, 7) is -5.69. The van der Waals surface area contributed by atoms with Crippen LogP contribution in [0.1, 0.15) is 5.89 Å². The molecule has 0 bridgehead atoms. The molecule has 0 unspecified atom stereocenters. The number of nitrogens with zero attached hydrogens (tertiary/aromatic N) is 2. The van der Waals surface area contributed by atoms with Gasteiger partial charge in [-0.3, -0.25) is 0 Å². The maximum atomic E-state index is 12.4.